The Morgan fingerprint density at radius 1 is 1.20 bits per heavy atom. The molecule has 1 fully saturated rings. The number of halogens is 1. The van der Waals surface area contributed by atoms with E-state index in [0.29, 0.717) is 16.3 Å². The van der Waals surface area contributed by atoms with Crippen molar-refractivity contribution in [1.29, 1.82) is 0 Å². The molecule has 1 aromatic heterocycles. The van der Waals surface area contributed by atoms with Gasteiger partial charge in [0.2, 0.25) is 0 Å². The van der Waals surface area contributed by atoms with E-state index in [1.54, 1.807) is 25.4 Å². The van der Waals surface area contributed by atoms with E-state index in [0.717, 1.165) is 43.8 Å². The Bertz CT molecular complexity index is 994. The number of likely N-dealkylation sites (tertiary alicyclic amines) is 1. The number of rotatable bonds is 6. The van der Waals surface area contributed by atoms with E-state index in [4.69, 9.17) is 16.3 Å². The molecule has 0 atom stereocenters. The first-order chi connectivity index (χ1) is 14.6. The summed E-state index contributed by atoms with van der Waals surface area (Å²) >= 11 is 5.97. The molecule has 4 rings (SSSR count). The Morgan fingerprint density at radius 2 is 1.93 bits per heavy atom. The van der Waals surface area contributed by atoms with E-state index in [-0.39, 0.29) is 11.9 Å². The maximum atomic E-state index is 12.9. The molecule has 6 nitrogen and oxygen atoms in total. The third-order valence-corrected chi connectivity index (χ3v) is 5.78. The largest absolute Gasteiger partial charge is 0.496 e. The van der Waals surface area contributed by atoms with Gasteiger partial charge in [-0.15, -0.1) is 0 Å². The highest BCUT2D eigenvalue weighted by Gasteiger charge is 2.23. The molecule has 2 N–H and O–H groups in total. The number of carbonyl (C=O) groups excluding carboxylic acids is 1. The van der Waals surface area contributed by atoms with E-state index in [1.807, 2.05) is 30.3 Å². The Hall–Kier alpha value is -2.83. The molecule has 0 bridgehead atoms. The summed E-state index contributed by atoms with van der Waals surface area (Å²) in [4.78, 5) is 15.3. The van der Waals surface area contributed by atoms with Gasteiger partial charge in [0.1, 0.15) is 5.75 Å². The van der Waals surface area contributed by atoms with Crippen LogP contribution in [0.4, 0.5) is 0 Å². The summed E-state index contributed by atoms with van der Waals surface area (Å²) in [5.74, 6) is 0.819. The van der Waals surface area contributed by atoms with Crippen LogP contribution >= 0.6 is 11.6 Å². The fourth-order valence-electron chi connectivity index (χ4n) is 3.87. The van der Waals surface area contributed by atoms with Gasteiger partial charge in [-0.3, -0.25) is 14.8 Å². The summed E-state index contributed by atoms with van der Waals surface area (Å²) in [7, 11) is 1.70. The molecule has 0 aliphatic carbocycles. The second-order valence-electron chi connectivity index (χ2n) is 7.50. The monoisotopic (exact) mass is 424 g/mol. The number of methoxy groups -OCH3 is 1. The van der Waals surface area contributed by atoms with Crippen molar-refractivity contribution in [2.24, 2.45) is 0 Å². The van der Waals surface area contributed by atoms with Gasteiger partial charge in [0.25, 0.3) is 5.91 Å². The number of ether oxygens (including phenoxy) is 1. The minimum atomic E-state index is -0.100. The molecule has 1 saturated heterocycles. The van der Waals surface area contributed by atoms with Crippen molar-refractivity contribution < 1.29 is 9.53 Å². The number of nitrogens with one attached hydrogen (secondary N) is 2. The second-order valence-corrected chi connectivity index (χ2v) is 7.94. The van der Waals surface area contributed by atoms with Gasteiger partial charge in [-0.2, -0.15) is 5.10 Å². The van der Waals surface area contributed by atoms with Gasteiger partial charge in [0, 0.05) is 41.8 Å². The third-order valence-electron chi connectivity index (χ3n) is 5.53. The van der Waals surface area contributed by atoms with E-state index in [2.05, 4.69) is 26.5 Å². The Morgan fingerprint density at radius 3 is 2.67 bits per heavy atom. The highest BCUT2D eigenvalue weighted by Crippen LogP contribution is 2.24. The van der Waals surface area contributed by atoms with Gasteiger partial charge in [-0.05, 0) is 31.0 Å². The van der Waals surface area contributed by atoms with Gasteiger partial charge in [0.05, 0.1) is 24.6 Å². The van der Waals surface area contributed by atoms with Crippen molar-refractivity contribution in [3.8, 4) is 17.0 Å². The number of H-pyrrole nitrogens is 1. The number of para-hydroxylation sites is 1. The topological polar surface area (TPSA) is 70.2 Å². The lowest BCUT2D eigenvalue weighted by Crippen LogP contribution is -2.44. The van der Waals surface area contributed by atoms with E-state index < -0.39 is 0 Å². The molecule has 1 aliphatic rings. The highest BCUT2D eigenvalue weighted by molar-refractivity contribution is 6.30. The number of hydrogen-bond donors (Lipinski definition) is 2. The number of benzene rings is 2. The minimum absolute atomic E-state index is 0.100. The van der Waals surface area contributed by atoms with Crippen molar-refractivity contribution >= 4 is 17.5 Å². The first-order valence-electron chi connectivity index (χ1n) is 10.1. The number of hydrogen-bond acceptors (Lipinski definition) is 4. The first kappa shape index (κ1) is 20.4. The molecular weight excluding hydrogens is 400 g/mol. The quantitative estimate of drug-likeness (QED) is 0.624. The zero-order valence-corrected chi connectivity index (χ0v) is 17.7. The van der Waals surface area contributed by atoms with Crippen LogP contribution in [0.25, 0.3) is 11.3 Å². The SMILES string of the molecule is COc1ccccc1CN1CCC(NC(=O)c2cn[nH]c2-c2ccc(Cl)cc2)CC1. The summed E-state index contributed by atoms with van der Waals surface area (Å²) < 4.78 is 5.46. The molecule has 1 amide bonds. The van der Waals surface area contributed by atoms with Crippen LogP contribution in [0.1, 0.15) is 28.8 Å². The Labute approximate surface area is 181 Å². The van der Waals surface area contributed by atoms with Gasteiger partial charge in [-0.25, -0.2) is 0 Å². The molecule has 156 valence electrons. The van der Waals surface area contributed by atoms with Gasteiger partial charge >= 0.3 is 0 Å². The zero-order valence-electron chi connectivity index (χ0n) is 16.9. The second kappa shape index (κ2) is 9.32. The standard InChI is InChI=1S/C23H25ClN4O2/c1-30-21-5-3-2-4-17(21)15-28-12-10-19(11-13-28)26-23(29)20-14-25-27-22(20)16-6-8-18(24)9-7-16/h2-9,14,19H,10-13,15H2,1H3,(H,25,27)(H,26,29). The molecule has 7 heteroatoms. The number of nitrogens with zero attached hydrogens (tertiary/aromatic N) is 2. The van der Waals surface area contributed by atoms with Crippen LogP contribution in [0.15, 0.2) is 54.7 Å². The summed E-state index contributed by atoms with van der Waals surface area (Å²) in [5, 5.41) is 10.8. The molecule has 0 spiro atoms. The molecule has 0 saturated carbocycles. The van der Waals surface area contributed by atoms with E-state index in [1.165, 1.54) is 5.56 Å². The molecule has 1 aliphatic heterocycles. The van der Waals surface area contributed by atoms with E-state index in [9.17, 15) is 4.79 Å². The predicted octanol–water partition coefficient (Wildman–Crippen LogP) is 4.13. The molecule has 0 radical (unpaired) electrons. The molecular formula is C23H25ClN4O2. The fraction of sp³-hybridized carbons (Fsp3) is 0.304. The third kappa shape index (κ3) is 4.66. The van der Waals surface area contributed by atoms with Gasteiger partial charge in [0.15, 0.2) is 0 Å². The summed E-state index contributed by atoms with van der Waals surface area (Å²) in [6, 6.07) is 15.6. The first-order valence-corrected chi connectivity index (χ1v) is 10.5. The van der Waals surface area contributed by atoms with Crippen LogP contribution in [0.2, 0.25) is 5.02 Å². The van der Waals surface area contributed by atoms with Gasteiger partial charge < -0.3 is 10.1 Å². The van der Waals surface area contributed by atoms with Crippen molar-refractivity contribution in [2.45, 2.75) is 25.4 Å². The van der Waals surface area contributed by atoms with Crippen LogP contribution in [0, 0.1) is 0 Å². The fourth-order valence-corrected chi connectivity index (χ4v) is 3.99. The lowest BCUT2D eigenvalue weighted by molar-refractivity contribution is 0.0909. The van der Waals surface area contributed by atoms with Crippen LogP contribution in [0.5, 0.6) is 5.75 Å². The Balaban J connectivity index is 1.34. The normalized spacial score (nSPS) is 15.1. The summed E-state index contributed by atoms with van der Waals surface area (Å²) in [6.45, 7) is 2.71. The summed E-state index contributed by atoms with van der Waals surface area (Å²) in [6.07, 6.45) is 3.40. The van der Waals surface area contributed by atoms with Crippen LogP contribution in [0.3, 0.4) is 0 Å². The van der Waals surface area contributed by atoms with Crippen molar-refractivity contribution in [2.75, 3.05) is 20.2 Å². The zero-order chi connectivity index (χ0) is 20.9. The maximum Gasteiger partial charge on any atom is 0.255 e. The van der Waals surface area contributed by atoms with Crippen molar-refractivity contribution in [3.63, 3.8) is 0 Å². The summed E-state index contributed by atoms with van der Waals surface area (Å²) in [5.41, 5.74) is 3.33. The number of piperidine rings is 1. The average Bonchev–Trinajstić information content (AvgIpc) is 3.26. The predicted molar refractivity (Wildman–Crippen MR) is 118 cm³/mol. The van der Waals surface area contributed by atoms with Crippen molar-refractivity contribution in [3.05, 3.63) is 70.9 Å². The van der Waals surface area contributed by atoms with Crippen LogP contribution < -0.4 is 10.1 Å². The van der Waals surface area contributed by atoms with Gasteiger partial charge in [-0.1, -0.05) is 41.9 Å². The molecule has 0 unspecified atom stereocenters. The molecule has 2 aromatic carbocycles. The smallest absolute Gasteiger partial charge is 0.255 e. The van der Waals surface area contributed by atoms with Crippen LogP contribution in [-0.4, -0.2) is 47.2 Å². The lowest BCUT2D eigenvalue weighted by atomic mass is 10.0. The average molecular weight is 425 g/mol. The number of aromatic amines is 1. The molecule has 30 heavy (non-hydrogen) atoms. The molecule has 3 aromatic rings. The highest BCUT2D eigenvalue weighted by atomic mass is 35.5. The van der Waals surface area contributed by atoms with Crippen molar-refractivity contribution in [1.82, 2.24) is 20.4 Å². The Kier molecular flexibility index (Phi) is 6.35. The number of aromatic nitrogens is 2. The maximum absolute atomic E-state index is 12.9. The minimum Gasteiger partial charge on any atom is -0.496 e. The molecule has 2 heterocycles. The van der Waals surface area contributed by atoms with E-state index >= 15 is 0 Å². The number of amides is 1. The van der Waals surface area contributed by atoms with Crippen LogP contribution in [-0.2, 0) is 6.54 Å². The number of carbonyl (C=O) groups is 1. The lowest BCUT2D eigenvalue weighted by Gasteiger charge is -2.32.